The lowest BCUT2D eigenvalue weighted by atomic mass is 10.3. The Hall–Kier alpha value is -1.62. The number of hydrogen-bond donors (Lipinski definition) is 1. The van der Waals surface area contributed by atoms with Crippen LogP contribution in [0.5, 0.6) is 0 Å². The van der Waals surface area contributed by atoms with Crippen molar-refractivity contribution >= 4 is 0 Å². The van der Waals surface area contributed by atoms with Crippen molar-refractivity contribution in [1.29, 1.82) is 0 Å². The van der Waals surface area contributed by atoms with Crippen LogP contribution >= 0.6 is 0 Å². The second-order valence-corrected chi connectivity index (χ2v) is 3.67. The quantitative estimate of drug-likeness (QED) is 0.822. The molecular formula is C11H16N4O. The van der Waals surface area contributed by atoms with Crippen LogP contribution in [0.2, 0.25) is 0 Å². The highest BCUT2D eigenvalue weighted by atomic mass is 16.4. The molecule has 0 saturated carbocycles. The molecular weight excluding hydrogens is 204 g/mol. The van der Waals surface area contributed by atoms with Crippen molar-refractivity contribution in [2.24, 2.45) is 0 Å². The van der Waals surface area contributed by atoms with Crippen LogP contribution in [0.15, 0.2) is 22.9 Å². The number of hydrogen-bond acceptors (Lipinski definition) is 4. The van der Waals surface area contributed by atoms with Gasteiger partial charge in [-0.25, -0.2) is 0 Å². The summed E-state index contributed by atoms with van der Waals surface area (Å²) in [6.07, 6.45) is 4.87. The second-order valence-electron chi connectivity index (χ2n) is 3.67. The van der Waals surface area contributed by atoms with E-state index in [1.807, 2.05) is 24.7 Å². The van der Waals surface area contributed by atoms with E-state index in [1.165, 1.54) is 5.56 Å². The van der Waals surface area contributed by atoms with Crippen molar-refractivity contribution in [3.05, 3.63) is 35.8 Å². The van der Waals surface area contributed by atoms with E-state index in [0.717, 1.165) is 13.0 Å². The number of aryl methyl sites for hydroxylation is 1. The standard InChI is InChI=1S/C11H16N4O/c1-3-10-13-14-11(16-10)8-15-5-4-9(7-15)6-12-2/h4-5,7,12H,3,6,8H2,1-2H3. The smallest absolute Gasteiger partial charge is 0.236 e. The van der Waals surface area contributed by atoms with Crippen LogP contribution in [0.25, 0.3) is 0 Å². The van der Waals surface area contributed by atoms with Crippen LogP contribution in [0.3, 0.4) is 0 Å². The van der Waals surface area contributed by atoms with Crippen molar-refractivity contribution in [2.75, 3.05) is 7.05 Å². The van der Waals surface area contributed by atoms with Crippen LogP contribution in [-0.4, -0.2) is 21.8 Å². The van der Waals surface area contributed by atoms with Crippen molar-refractivity contribution in [3.63, 3.8) is 0 Å². The third-order valence-electron chi connectivity index (χ3n) is 2.32. The van der Waals surface area contributed by atoms with Crippen molar-refractivity contribution in [1.82, 2.24) is 20.1 Å². The fraction of sp³-hybridized carbons (Fsp3) is 0.455. The third kappa shape index (κ3) is 2.49. The summed E-state index contributed by atoms with van der Waals surface area (Å²) in [5, 5.41) is 11.0. The Labute approximate surface area is 94.5 Å². The molecule has 0 fully saturated rings. The van der Waals surface area contributed by atoms with E-state index >= 15 is 0 Å². The molecule has 0 amide bonds. The maximum absolute atomic E-state index is 5.45. The van der Waals surface area contributed by atoms with Gasteiger partial charge >= 0.3 is 0 Å². The summed E-state index contributed by atoms with van der Waals surface area (Å²) < 4.78 is 7.49. The summed E-state index contributed by atoms with van der Waals surface area (Å²) in [7, 11) is 1.93. The van der Waals surface area contributed by atoms with Crippen LogP contribution in [0.1, 0.15) is 24.3 Å². The summed E-state index contributed by atoms with van der Waals surface area (Å²) in [6.45, 7) is 3.51. The van der Waals surface area contributed by atoms with Gasteiger partial charge in [-0.15, -0.1) is 10.2 Å². The van der Waals surface area contributed by atoms with Crippen molar-refractivity contribution in [2.45, 2.75) is 26.4 Å². The molecule has 0 saturated heterocycles. The van der Waals surface area contributed by atoms with E-state index in [4.69, 9.17) is 4.42 Å². The monoisotopic (exact) mass is 220 g/mol. The van der Waals surface area contributed by atoms with E-state index in [1.54, 1.807) is 0 Å². The first-order valence-corrected chi connectivity index (χ1v) is 5.42. The maximum Gasteiger partial charge on any atom is 0.236 e. The molecule has 16 heavy (non-hydrogen) atoms. The topological polar surface area (TPSA) is 55.9 Å². The van der Waals surface area contributed by atoms with Gasteiger partial charge in [0.25, 0.3) is 0 Å². The van der Waals surface area contributed by atoms with Gasteiger partial charge in [0.05, 0.1) is 0 Å². The normalized spacial score (nSPS) is 10.9. The highest BCUT2D eigenvalue weighted by molar-refractivity contribution is 5.10. The zero-order chi connectivity index (χ0) is 11.4. The van der Waals surface area contributed by atoms with Crippen LogP contribution in [0, 0.1) is 0 Å². The van der Waals surface area contributed by atoms with E-state index in [2.05, 4.69) is 27.8 Å². The average molecular weight is 220 g/mol. The van der Waals surface area contributed by atoms with Gasteiger partial charge in [-0.3, -0.25) is 0 Å². The lowest BCUT2D eigenvalue weighted by Gasteiger charge is -1.97. The van der Waals surface area contributed by atoms with E-state index in [0.29, 0.717) is 18.3 Å². The Morgan fingerprint density at radius 3 is 2.88 bits per heavy atom. The fourth-order valence-electron chi connectivity index (χ4n) is 1.55. The molecule has 2 aromatic rings. The summed E-state index contributed by atoms with van der Waals surface area (Å²) in [5.74, 6) is 1.35. The number of aromatic nitrogens is 3. The molecule has 5 heteroatoms. The molecule has 0 aliphatic rings. The van der Waals surface area contributed by atoms with Gasteiger partial charge in [0.1, 0.15) is 6.54 Å². The molecule has 0 atom stereocenters. The predicted molar refractivity (Wildman–Crippen MR) is 60.0 cm³/mol. The molecule has 0 aliphatic carbocycles. The fourth-order valence-corrected chi connectivity index (χ4v) is 1.55. The Morgan fingerprint density at radius 1 is 1.38 bits per heavy atom. The van der Waals surface area contributed by atoms with Crippen molar-refractivity contribution in [3.8, 4) is 0 Å². The Kier molecular flexibility index (Phi) is 3.36. The molecule has 5 nitrogen and oxygen atoms in total. The zero-order valence-electron chi connectivity index (χ0n) is 9.60. The molecule has 0 spiro atoms. The van der Waals surface area contributed by atoms with Crippen LogP contribution in [0.4, 0.5) is 0 Å². The van der Waals surface area contributed by atoms with Gasteiger partial charge in [-0.2, -0.15) is 0 Å². The minimum absolute atomic E-state index is 0.636. The molecule has 0 radical (unpaired) electrons. The highest BCUT2D eigenvalue weighted by Gasteiger charge is 2.05. The molecule has 0 aromatic carbocycles. The Balaban J connectivity index is 2.02. The largest absolute Gasteiger partial charge is 0.423 e. The second kappa shape index (κ2) is 4.94. The first kappa shape index (κ1) is 10.9. The molecule has 2 rings (SSSR count). The van der Waals surface area contributed by atoms with Gasteiger partial charge < -0.3 is 14.3 Å². The molecule has 0 aliphatic heterocycles. The summed E-state index contributed by atoms with van der Waals surface area (Å²) in [5.41, 5.74) is 1.25. The average Bonchev–Trinajstić information content (AvgIpc) is 2.89. The molecule has 2 heterocycles. The summed E-state index contributed by atoms with van der Waals surface area (Å²) >= 11 is 0. The minimum Gasteiger partial charge on any atom is -0.423 e. The zero-order valence-corrected chi connectivity index (χ0v) is 9.60. The van der Waals surface area contributed by atoms with Crippen LogP contribution in [-0.2, 0) is 19.5 Å². The SMILES string of the molecule is CCc1nnc(Cn2ccc(CNC)c2)o1. The first-order valence-electron chi connectivity index (χ1n) is 5.42. The molecule has 2 aromatic heterocycles. The number of nitrogens with one attached hydrogen (secondary N) is 1. The maximum atomic E-state index is 5.45. The molecule has 1 N–H and O–H groups in total. The van der Waals surface area contributed by atoms with Crippen molar-refractivity contribution < 1.29 is 4.42 Å². The number of nitrogens with zero attached hydrogens (tertiary/aromatic N) is 3. The van der Waals surface area contributed by atoms with Gasteiger partial charge in [0.2, 0.25) is 11.8 Å². The lowest BCUT2D eigenvalue weighted by molar-refractivity contribution is 0.442. The summed E-state index contributed by atoms with van der Waals surface area (Å²) in [6, 6.07) is 2.08. The lowest BCUT2D eigenvalue weighted by Crippen LogP contribution is -2.04. The third-order valence-corrected chi connectivity index (χ3v) is 2.32. The van der Waals surface area contributed by atoms with Gasteiger partial charge in [0.15, 0.2) is 0 Å². The molecule has 0 bridgehead atoms. The highest BCUT2D eigenvalue weighted by Crippen LogP contribution is 2.06. The Morgan fingerprint density at radius 2 is 2.19 bits per heavy atom. The molecule has 86 valence electrons. The minimum atomic E-state index is 0.636. The van der Waals surface area contributed by atoms with Gasteiger partial charge in [-0.05, 0) is 18.7 Å². The van der Waals surface area contributed by atoms with E-state index in [-0.39, 0.29) is 0 Å². The predicted octanol–water partition coefficient (Wildman–Crippen LogP) is 1.20. The Bertz CT molecular complexity index is 446. The van der Waals surface area contributed by atoms with E-state index in [9.17, 15) is 0 Å². The van der Waals surface area contributed by atoms with Gasteiger partial charge in [-0.1, -0.05) is 6.92 Å². The molecule has 0 unspecified atom stereocenters. The van der Waals surface area contributed by atoms with Gasteiger partial charge in [0, 0.05) is 25.4 Å². The van der Waals surface area contributed by atoms with Crippen LogP contribution < -0.4 is 5.32 Å². The number of rotatable bonds is 5. The van der Waals surface area contributed by atoms with E-state index < -0.39 is 0 Å². The summed E-state index contributed by atoms with van der Waals surface area (Å²) in [4.78, 5) is 0. The first-order chi connectivity index (χ1) is 7.81.